The van der Waals surface area contributed by atoms with Crippen LogP contribution in [0.5, 0.6) is 0 Å². The first-order valence-corrected chi connectivity index (χ1v) is 24.4. The Morgan fingerprint density at radius 2 is 1.31 bits per heavy atom. The number of ether oxygens (including phenoxy) is 2. The van der Waals surface area contributed by atoms with Gasteiger partial charge in [0.1, 0.15) is 28.5 Å². The maximum absolute atomic E-state index is 16.7. The summed E-state index contributed by atoms with van der Waals surface area (Å²) in [4.78, 5) is 51.3. The predicted molar refractivity (Wildman–Crippen MR) is 256 cm³/mol. The van der Waals surface area contributed by atoms with Gasteiger partial charge in [0.05, 0.1) is 34.9 Å². The highest BCUT2D eigenvalue weighted by atomic mass is 19.1. The standard InChI is InChI=1S/C53H64F2N8O4/c1-52(2,3)66-50(64)61-24-10-14-45(61)48-56-39-18-16-34(28-41(39)58-48)43-20-21-44(35-17-19-40-42(29-35)59-49(57-40)46-15-11-25-62(46)51(65)67-53(4,5)6)63(43)36-30-37(54)47(38(55)31-36)60-26-22-33(23-27-60)32-12-8-7-9-13-32/h7-9,12-13,16-19,28,30-31,33,35,43-46H,10-11,14-15,20-27,29H2,1-6H3,(H,56,58)(H,57,59). The van der Waals surface area contributed by atoms with E-state index in [1.165, 1.54) is 5.56 Å². The molecule has 3 aromatic carbocycles. The maximum Gasteiger partial charge on any atom is 0.410 e. The first-order chi connectivity index (χ1) is 32.1. The van der Waals surface area contributed by atoms with E-state index in [4.69, 9.17) is 19.4 Å². The van der Waals surface area contributed by atoms with Crippen LogP contribution in [-0.2, 0) is 15.9 Å². The average molecular weight is 915 g/mol. The third-order valence-electron chi connectivity index (χ3n) is 14.4. The van der Waals surface area contributed by atoms with Gasteiger partial charge in [-0.15, -0.1) is 0 Å². The van der Waals surface area contributed by atoms with Crippen molar-refractivity contribution in [3.05, 3.63) is 113 Å². The number of carbonyl (C=O) groups is 2. The van der Waals surface area contributed by atoms with E-state index in [0.717, 1.165) is 91.0 Å². The second-order valence-corrected chi connectivity index (χ2v) is 21.3. The molecule has 12 nitrogen and oxygen atoms in total. The summed E-state index contributed by atoms with van der Waals surface area (Å²) in [6.07, 6.45) is 10.7. The lowest BCUT2D eigenvalue weighted by molar-refractivity contribution is 0.0208. The van der Waals surface area contributed by atoms with Crippen LogP contribution in [0.25, 0.3) is 17.1 Å². The number of nitrogens with zero attached hydrogens (tertiary/aromatic N) is 6. The number of aromatic nitrogens is 4. The van der Waals surface area contributed by atoms with Gasteiger partial charge in [-0.3, -0.25) is 9.80 Å². The monoisotopic (exact) mass is 915 g/mol. The fraction of sp³-hybridized carbons (Fsp3) is 0.509. The molecule has 0 bridgehead atoms. The quantitative estimate of drug-likeness (QED) is 0.165. The zero-order valence-corrected chi connectivity index (χ0v) is 39.7. The molecule has 4 fully saturated rings. The van der Waals surface area contributed by atoms with Crippen molar-refractivity contribution in [3.63, 3.8) is 0 Å². The number of hydrogen-bond donors (Lipinski definition) is 2. The number of anilines is 2. The molecule has 4 saturated heterocycles. The number of hydrogen-bond acceptors (Lipinski definition) is 8. The van der Waals surface area contributed by atoms with E-state index >= 15 is 8.78 Å². The number of H-pyrrole nitrogens is 2. The summed E-state index contributed by atoms with van der Waals surface area (Å²) in [6, 6.07) is 19.0. The number of benzene rings is 3. The minimum Gasteiger partial charge on any atom is -0.444 e. The molecule has 2 aromatic heterocycles. The van der Waals surface area contributed by atoms with Crippen molar-refractivity contribution in [2.24, 2.45) is 5.92 Å². The second-order valence-electron chi connectivity index (χ2n) is 21.3. The van der Waals surface area contributed by atoms with Crippen LogP contribution < -0.4 is 9.80 Å². The average Bonchev–Trinajstić information content (AvgIpc) is 4.14. The van der Waals surface area contributed by atoms with Crippen LogP contribution in [0, 0.1) is 17.6 Å². The molecular formula is C53H64F2N8O4. The van der Waals surface area contributed by atoms with Gasteiger partial charge in [-0.25, -0.2) is 28.3 Å². The number of halogens is 2. The number of amides is 2. The van der Waals surface area contributed by atoms with Crippen LogP contribution >= 0.6 is 0 Å². The third-order valence-corrected chi connectivity index (χ3v) is 14.4. The molecule has 67 heavy (non-hydrogen) atoms. The summed E-state index contributed by atoms with van der Waals surface area (Å²) in [6.45, 7) is 13.6. The van der Waals surface area contributed by atoms with Gasteiger partial charge in [0.15, 0.2) is 11.6 Å². The zero-order valence-electron chi connectivity index (χ0n) is 39.7. The Hall–Kier alpha value is -5.92. The van der Waals surface area contributed by atoms with Crippen LogP contribution in [-0.4, -0.2) is 85.3 Å². The second kappa shape index (κ2) is 17.6. The highest BCUT2D eigenvalue weighted by Crippen LogP contribution is 2.47. The van der Waals surface area contributed by atoms with E-state index in [1.54, 1.807) is 21.9 Å². The van der Waals surface area contributed by atoms with Crippen LogP contribution in [0.3, 0.4) is 0 Å². The smallest absolute Gasteiger partial charge is 0.410 e. The Balaban J connectivity index is 0.944. The van der Waals surface area contributed by atoms with Crippen molar-refractivity contribution in [2.45, 2.75) is 141 Å². The molecule has 1 aliphatic carbocycles. The third kappa shape index (κ3) is 9.12. The molecule has 0 saturated carbocycles. The van der Waals surface area contributed by atoms with Crippen molar-refractivity contribution in [1.29, 1.82) is 0 Å². The lowest BCUT2D eigenvalue weighted by atomic mass is 9.88. The number of piperidine rings is 1. The number of aromatic amines is 2. The van der Waals surface area contributed by atoms with Gasteiger partial charge in [0.25, 0.3) is 0 Å². The summed E-state index contributed by atoms with van der Waals surface area (Å²) >= 11 is 0. The summed E-state index contributed by atoms with van der Waals surface area (Å²) in [7, 11) is 0. The molecule has 0 radical (unpaired) electrons. The van der Waals surface area contributed by atoms with E-state index in [0.29, 0.717) is 44.2 Å². The minimum absolute atomic E-state index is 0.00263. The van der Waals surface area contributed by atoms with Gasteiger partial charge in [-0.2, -0.15) is 0 Å². The van der Waals surface area contributed by atoms with Crippen LogP contribution in [0.2, 0.25) is 0 Å². The first kappa shape index (κ1) is 44.9. The zero-order chi connectivity index (χ0) is 46.8. The number of nitrogens with one attached hydrogen (secondary N) is 2. The molecule has 4 aliphatic heterocycles. The Morgan fingerprint density at radius 1 is 0.687 bits per heavy atom. The molecular weight excluding hydrogens is 851 g/mol. The molecule has 6 heterocycles. The molecule has 2 amide bonds. The molecule has 0 spiro atoms. The molecule has 14 heteroatoms. The topological polar surface area (TPSA) is 123 Å². The number of likely N-dealkylation sites (tertiary alicyclic amines) is 2. The van der Waals surface area contributed by atoms with Gasteiger partial charge in [-0.05, 0) is 147 Å². The number of rotatable bonds is 7. The number of imidazole rings is 2. The van der Waals surface area contributed by atoms with Crippen LogP contribution in [0.1, 0.15) is 151 Å². The molecule has 5 atom stereocenters. The molecule has 2 N–H and O–H groups in total. The van der Waals surface area contributed by atoms with Crippen LogP contribution in [0.4, 0.5) is 29.7 Å². The summed E-state index contributed by atoms with van der Waals surface area (Å²) in [5.41, 5.74) is 5.11. The Kier molecular flexibility index (Phi) is 11.8. The Labute approximate surface area is 392 Å². The predicted octanol–water partition coefficient (Wildman–Crippen LogP) is 11.7. The number of fused-ring (bicyclic) bond motifs is 2. The maximum atomic E-state index is 16.7. The van der Waals surface area contributed by atoms with Crippen molar-refractivity contribution < 1.29 is 27.8 Å². The summed E-state index contributed by atoms with van der Waals surface area (Å²) in [5.74, 6) is 0.731. The Bertz CT molecular complexity index is 2640. The van der Waals surface area contributed by atoms with Crippen molar-refractivity contribution >= 4 is 40.7 Å². The van der Waals surface area contributed by atoms with E-state index in [2.05, 4.69) is 51.3 Å². The van der Waals surface area contributed by atoms with E-state index < -0.39 is 22.8 Å². The fourth-order valence-corrected chi connectivity index (χ4v) is 11.4. The van der Waals surface area contributed by atoms with Crippen molar-refractivity contribution in [2.75, 3.05) is 36.0 Å². The molecule has 5 aromatic rings. The summed E-state index contributed by atoms with van der Waals surface area (Å²) < 4.78 is 44.9. The molecule has 354 valence electrons. The molecule has 5 aliphatic rings. The lowest BCUT2D eigenvalue weighted by Gasteiger charge is -2.38. The molecule has 10 rings (SSSR count). The van der Waals surface area contributed by atoms with E-state index in [9.17, 15) is 9.59 Å². The highest BCUT2D eigenvalue weighted by Gasteiger charge is 2.42. The van der Waals surface area contributed by atoms with Gasteiger partial charge >= 0.3 is 12.2 Å². The largest absolute Gasteiger partial charge is 0.444 e. The lowest BCUT2D eigenvalue weighted by Crippen LogP contribution is -2.38. The van der Waals surface area contributed by atoms with Crippen molar-refractivity contribution in [1.82, 2.24) is 29.7 Å². The van der Waals surface area contributed by atoms with E-state index in [1.807, 2.05) is 70.7 Å². The Morgan fingerprint density at radius 3 is 1.94 bits per heavy atom. The van der Waals surface area contributed by atoms with Gasteiger partial charge in [0, 0.05) is 49.5 Å². The fourth-order valence-electron chi connectivity index (χ4n) is 11.4. The first-order valence-electron chi connectivity index (χ1n) is 24.4. The van der Waals surface area contributed by atoms with Crippen LogP contribution in [0.15, 0.2) is 66.7 Å². The normalized spacial score (nSPS) is 23.7. The van der Waals surface area contributed by atoms with Gasteiger partial charge < -0.3 is 29.2 Å². The van der Waals surface area contributed by atoms with Crippen molar-refractivity contribution in [3.8, 4) is 0 Å². The van der Waals surface area contributed by atoms with E-state index in [-0.39, 0.29) is 48.0 Å². The molecule has 5 unspecified atom stereocenters. The highest BCUT2D eigenvalue weighted by molar-refractivity contribution is 5.77. The van der Waals surface area contributed by atoms with Gasteiger partial charge in [-0.1, -0.05) is 42.5 Å². The minimum atomic E-state index is -0.610. The van der Waals surface area contributed by atoms with Gasteiger partial charge in [0.2, 0.25) is 0 Å². The summed E-state index contributed by atoms with van der Waals surface area (Å²) in [5, 5.41) is 0. The number of carbonyl (C=O) groups excluding carboxylic acids is 2. The SMILES string of the molecule is CC(C)(C)OC(=O)N1CCCC1c1nc2c([nH]1)CC(C1CCC(c3ccc4nc(C5CCCN5C(=O)OC(C)(C)C)[nH]c4c3)N1c1cc(F)c(N3CCC(c4ccccc4)CC3)c(F)c1)C=C2.